The van der Waals surface area contributed by atoms with Crippen LogP contribution < -0.4 is 11.2 Å². The van der Waals surface area contributed by atoms with Crippen LogP contribution in [0, 0.1) is 0 Å². The molecule has 0 aliphatic rings. The van der Waals surface area contributed by atoms with E-state index < -0.39 is 0 Å². The van der Waals surface area contributed by atoms with Crippen LogP contribution >= 0.6 is 27.5 Å². The molecule has 0 aliphatic heterocycles. The van der Waals surface area contributed by atoms with Crippen LogP contribution in [0.15, 0.2) is 86.9 Å². The maximum absolute atomic E-state index is 13.2. The summed E-state index contributed by atoms with van der Waals surface area (Å²) in [6, 6.07) is 21.6. The Morgan fingerprint density at radius 1 is 0.889 bits per heavy atom. The van der Waals surface area contributed by atoms with Crippen LogP contribution in [0.5, 0.6) is 0 Å². The summed E-state index contributed by atoms with van der Waals surface area (Å²) < 4.78 is 3.60. The molecule has 0 fully saturated rings. The zero-order valence-electron chi connectivity index (χ0n) is 14.1. The summed E-state index contributed by atoms with van der Waals surface area (Å²) in [6.07, 6.45) is 0. The Balaban J connectivity index is 2.03. The van der Waals surface area contributed by atoms with Crippen molar-refractivity contribution in [2.75, 3.05) is 0 Å². The molecule has 0 bridgehead atoms. The van der Waals surface area contributed by atoms with Crippen LogP contribution in [-0.2, 0) is 6.54 Å². The van der Waals surface area contributed by atoms with Crippen molar-refractivity contribution in [2.45, 2.75) is 6.54 Å². The number of halogens is 2. The number of fused-ring (bicyclic) bond motifs is 1. The highest BCUT2D eigenvalue weighted by Gasteiger charge is 2.15. The Morgan fingerprint density at radius 3 is 2.30 bits per heavy atom. The monoisotopic (exact) mass is 440 g/mol. The average molecular weight is 442 g/mol. The minimum Gasteiger partial charge on any atom is -0.288 e. The van der Waals surface area contributed by atoms with Crippen molar-refractivity contribution >= 4 is 38.4 Å². The summed E-state index contributed by atoms with van der Waals surface area (Å²) in [5, 5.41) is 1.11. The van der Waals surface area contributed by atoms with Gasteiger partial charge in [0.2, 0.25) is 0 Å². The van der Waals surface area contributed by atoms with Crippen LogP contribution in [0.25, 0.3) is 16.6 Å². The van der Waals surface area contributed by atoms with Crippen molar-refractivity contribution < 1.29 is 0 Å². The van der Waals surface area contributed by atoms with Crippen LogP contribution in [-0.4, -0.2) is 9.13 Å². The summed E-state index contributed by atoms with van der Waals surface area (Å²) in [5.41, 5.74) is 1.34. The van der Waals surface area contributed by atoms with E-state index in [0.29, 0.717) is 28.2 Å². The summed E-state index contributed by atoms with van der Waals surface area (Å²) in [6.45, 7) is 0.335. The first-order chi connectivity index (χ1) is 13.0. The minimum atomic E-state index is -0.379. The Kier molecular flexibility index (Phi) is 4.72. The molecule has 0 saturated carbocycles. The van der Waals surface area contributed by atoms with E-state index >= 15 is 0 Å². The van der Waals surface area contributed by atoms with Gasteiger partial charge in [0.15, 0.2) is 0 Å². The molecule has 134 valence electrons. The van der Waals surface area contributed by atoms with E-state index in [2.05, 4.69) is 15.9 Å². The van der Waals surface area contributed by atoms with Crippen LogP contribution in [0.4, 0.5) is 0 Å². The summed E-state index contributed by atoms with van der Waals surface area (Å²) in [7, 11) is 0. The number of aromatic nitrogens is 2. The molecule has 1 heterocycles. The van der Waals surface area contributed by atoms with Gasteiger partial charge in [-0.05, 0) is 48.0 Å². The van der Waals surface area contributed by atoms with Crippen LogP contribution in [0.2, 0.25) is 5.02 Å². The SMILES string of the molecule is O=c1c2cc(Br)ccc2n(Cc2ccc(Cl)cc2)c(=O)n1-c1ccccc1. The molecule has 0 unspecified atom stereocenters. The summed E-state index contributed by atoms with van der Waals surface area (Å²) in [5.74, 6) is 0. The van der Waals surface area contributed by atoms with E-state index in [0.717, 1.165) is 10.0 Å². The Morgan fingerprint density at radius 2 is 1.59 bits per heavy atom. The molecule has 1 aromatic heterocycles. The first kappa shape index (κ1) is 17.8. The van der Waals surface area contributed by atoms with Crippen molar-refractivity contribution in [3.05, 3.63) is 109 Å². The highest BCUT2D eigenvalue weighted by Crippen LogP contribution is 2.18. The van der Waals surface area contributed by atoms with E-state index in [4.69, 9.17) is 11.6 Å². The molecule has 0 N–H and O–H groups in total. The van der Waals surface area contributed by atoms with Gasteiger partial charge in [0.25, 0.3) is 5.56 Å². The molecule has 0 radical (unpaired) electrons. The third-order valence-corrected chi connectivity index (χ3v) is 5.12. The first-order valence-corrected chi connectivity index (χ1v) is 9.47. The number of hydrogen-bond donors (Lipinski definition) is 0. The fourth-order valence-corrected chi connectivity index (χ4v) is 3.56. The minimum absolute atomic E-state index is 0.335. The second kappa shape index (κ2) is 7.18. The maximum Gasteiger partial charge on any atom is 0.336 e. The zero-order chi connectivity index (χ0) is 19.0. The van der Waals surface area contributed by atoms with E-state index in [1.54, 1.807) is 53.1 Å². The Bertz CT molecular complexity index is 1250. The fourth-order valence-electron chi connectivity index (χ4n) is 3.08. The normalized spacial score (nSPS) is 11.0. The zero-order valence-corrected chi connectivity index (χ0v) is 16.4. The van der Waals surface area contributed by atoms with E-state index in [1.165, 1.54) is 4.57 Å². The first-order valence-electron chi connectivity index (χ1n) is 8.29. The fraction of sp³-hybridized carbons (Fsp3) is 0.0476. The molecular weight excluding hydrogens is 428 g/mol. The van der Waals surface area contributed by atoms with Crippen molar-refractivity contribution in [1.82, 2.24) is 9.13 Å². The van der Waals surface area contributed by atoms with Crippen molar-refractivity contribution in [2.24, 2.45) is 0 Å². The molecule has 4 aromatic rings. The lowest BCUT2D eigenvalue weighted by Gasteiger charge is -2.14. The summed E-state index contributed by atoms with van der Waals surface area (Å²) in [4.78, 5) is 26.3. The molecule has 0 saturated heterocycles. The molecule has 0 aliphatic carbocycles. The number of benzene rings is 3. The van der Waals surface area contributed by atoms with E-state index in [1.807, 2.05) is 24.3 Å². The van der Waals surface area contributed by atoms with Crippen molar-refractivity contribution in [3.63, 3.8) is 0 Å². The lowest BCUT2D eigenvalue weighted by molar-refractivity contribution is 0.714. The molecule has 0 amide bonds. The lowest BCUT2D eigenvalue weighted by atomic mass is 10.2. The molecule has 4 nitrogen and oxygen atoms in total. The summed E-state index contributed by atoms with van der Waals surface area (Å²) >= 11 is 9.38. The van der Waals surface area contributed by atoms with Gasteiger partial charge in [-0.2, -0.15) is 0 Å². The van der Waals surface area contributed by atoms with Gasteiger partial charge in [0.05, 0.1) is 23.1 Å². The van der Waals surface area contributed by atoms with Gasteiger partial charge in [0, 0.05) is 9.50 Å². The Labute approximate surface area is 168 Å². The van der Waals surface area contributed by atoms with Crippen molar-refractivity contribution in [3.8, 4) is 5.69 Å². The van der Waals surface area contributed by atoms with Gasteiger partial charge in [-0.15, -0.1) is 0 Å². The van der Waals surface area contributed by atoms with Crippen LogP contribution in [0.3, 0.4) is 0 Å². The second-order valence-corrected chi connectivity index (χ2v) is 7.48. The maximum atomic E-state index is 13.2. The quantitative estimate of drug-likeness (QED) is 0.466. The van der Waals surface area contributed by atoms with Gasteiger partial charge in [-0.25, -0.2) is 9.36 Å². The number of nitrogens with zero attached hydrogens (tertiary/aromatic N) is 2. The third kappa shape index (κ3) is 3.36. The molecule has 4 rings (SSSR count). The van der Waals surface area contributed by atoms with Crippen LogP contribution in [0.1, 0.15) is 5.56 Å². The smallest absolute Gasteiger partial charge is 0.288 e. The standard InChI is InChI=1S/C21H14BrClN2O2/c22-15-8-11-19-18(12-15)20(26)25(17-4-2-1-3-5-17)21(27)24(19)13-14-6-9-16(23)10-7-14/h1-12H,13H2. The van der Waals surface area contributed by atoms with Gasteiger partial charge in [0.1, 0.15) is 0 Å². The van der Waals surface area contributed by atoms with Gasteiger partial charge in [-0.3, -0.25) is 9.36 Å². The lowest BCUT2D eigenvalue weighted by Crippen LogP contribution is -2.39. The number of rotatable bonds is 3. The molecular formula is C21H14BrClN2O2. The predicted molar refractivity (Wildman–Crippen MR) is 112 cm³/mol. The molecule has 0 spiro atoms. The van der Waals surface area contributed by atoms with E-state index in [9.17, 15) is 9.59 Å². The average Bonchev–Trinajstić information content (AvgIpc) is 2.68. The highest BCUT2D eigenvalue weighted by atomic mass is 79.9. The van der Waals surface area contributed by atoms with Gasteiger partial charge < -0.3 is 0 Å². The predicted octanol–water partition coefficient (Wildman–Crippen LogP) is 4.62. The Hall–Kier alpha value is -2.63. The topological polar surface area (TPSA) is 44.0 Å². The molecule has 3 aromatic carbocycles. The van der Waals surface area contributed by atoms with Gasteiger partial charge in [-0.1, -0.05) is 57.9 Å². The number of hydrogen-bond acceptors (Lipinski definition) is 2. The third-order valence-electron chi connectivity index (χ3n) is 4.37. The molecule has 0 atom stereocenters. The second-order valence-electron chi connectivity index (χ2n) is 6.13. The molecule has 6 heteroatoms. The van der Waals surface area contributed by atoms with Crippen molar-refractivity contribution in [1.29, 1.82) is 0 Å². The highest BCUT2D eigenvalue weighted by molar-refractivity contribution is 9.10. The number of para-hydroxylation sites is 1. The van der Waals surface area contributed by atoms with E-state index in [-0.39, 0.29) is 11.2 Å². The molecule has 27 heavy (non-hydrogen) atoms. The van der Waals surface area contributed by atoms with Gasteiger partial charge >= 0.3 is 5.69 Å². The largest absolute Gasteiger partial charge is 0.336 e.